The summed E-state index contributed by atoms with van der Waals surface area (Å²) in [5.74, 6) is 0.749. The van der Waals surface area contributed by atoms with Crippen LogP contribution in [0.3, 0.4) is 0 Å². The van der Waals surface area contributed by atoms with Gasteiger partial charge < -0.3 is 15.3 Å². The lowest BCUT2D eigenvalue weighted by atomic mass is 9.90. The SMILES string of the molecule is CC(Nc1cccc(CO)c1)C1CCN(C)CC1. The molecule has 1 aliphatic rings. The molecule has 0 aromatic heterocycles. The molecule has 1 saturated heterocycles. The monoisotopic (exact) mass is 248 g/mol. The van der Waals surface area contributed by atoms with Crippen molar-refractivity contribution in [3.8, 4) is 0 Å². The maximum atomic E-state index is 9.14. The van der Waals surface area contributed by atoms with Gasteiger partial charge in [-0.15, -0.1) is 0 Å². The van der Waals surface area contributed by atoms with Crippen LogP contribution in [0.15, 0.2) is 24.3 Å². The quantitative estimate of drug-likeness (QED) is 0.858. The van der Waals surface area contributed by atoms with Crippen molar-refractivity contribution in [1.29, 1.82) is 0 Å². The second-order valence-electron chi connectivity index (χ2n) is 5.43. The Balaban J connectivity index is 1.91. The molecule has 0 aliphatic carbocycles. The Kier molecular flexibility index (Phi) is 4.61. The van der Waals surface area contributed by atoms with Gasteiger partial charge in [0.25, 0.3) is 0 Å². The minimum atomic E-state index is 0.109. The molecule has 18 heavy (non-hydrogen) atoms. The predicted octanol–water partition coefficient (Wildman–Crippen LogP) is 2.32. The molecule has 0 radical (unpaired) electrons. The molecule has 0 amide bonds. The van der Waals surface area contributed by atoms with Gasteiger partial charge in [0.15, 0.2) is 0 Å². The van der Waals surface area contributed by atoms with Crippen LogP contribution in [-0.4, -0.2) is 36.2 Å². The summed E-state index contributed by atoms with van der Waals surface area (Å²) < 4.78 is 0. The van der Waals surface area contributed by atoms with Gasteiger partial charge in [0, 0.05) is 11.7 Å². The summed E-state index contributed by atoms with van der Waals surface area (Å²) in [6, 6.07) is 8.55. The smallest absolute Gasteiger partial charge is 0.0682 e. The van der Waals surface area contributed by atoms with E-state index in [9.17, 15) is 0 Å². The van der Waals surface area contributed by atoms with Gasteiger partial charge in [-0.2, -0.15) is 0 Å². The zero-order valence-corrected chi connectivity index (χ0v) is 11.4. The van der Waals surface area contributed by atoms with Crippen LogP contribution in [0.1, 0.15) is 25.3 Å². The zero-order valence-electron chi connectivity index (χ0n) is 11.4. The van der Waals surface area contributed by atoms with Gasteiger partial charge in [-0.25, -0.2) is 0 Å². The summed E-state index contributed by atoms with van der Waals surface area (Å²) >= 11 is 0. The van der Waals surface area contributed by atoms with Gasteiger partial charge in [-0.1, -0.05) is 12.1 Å². The highest BCUT2D eigenvalue weighted by Gasteiger charge is 2.21. The van der Waals surface area contributed by atoms with E-state index in [1.165, 1.54) is 25.9 Å². The first-order valence-corrected chi connectivity index (χ1v) is 6.84. The number of nitrogens with one attached hydrogen (secondary N) is 1. The molecule has 0 spiro atoms. The molecule has 0 saturated carbocycles. The Morgan fingerprint density at radius 2 is 2.11 bits per heavy atom. The van der Waals surface area contributed by atoms with Crippen molar-refractivity contribution < 1.29 is 5.11 Å². The van der Waals surface area contributed by atoms with Crippen LogP contribution in [0.4, 0.5) is 5.69 Å². The fraction of sp³-hybridized carbons (Fsp3) is 0.600. The fourth-order valence-corrected chi connectivity index (χ4v) is 2.67. The number of piperidine rings is 1. The first-order valence-electron chi connectivity index (χ1n) is 6.84. The highest BCUT2D eigenvalue weighted by Crippen LogP contribution is 2.23. The van der Waals surface area contributed by atoms with E-state index in [2.05, 4.69) is 30.3 Å². The van der Waals surface area contributed by atoms with Crippen LogP contribution in [0.5, 0.6) is 0 Å². The molecule has 1 aromatic rings. The average molecular weight is 248 g/mol. The van der Waals surface area contributed by atoms with Crippen LogP contribution in [0.25, 0.3) is 0 Å². The number of rotatable bonds is 4. The van der Waals surface area contributed by atoms with Crippen molar-refractivity contribution in [2.45, 2.75) is 32.4 Å². The summed E-state index contributed by atoms with van der Waals surface area (Å²) in [5, 5.41) is 12.7. The Morgan fingerprint density at radius 1 is 1.39 bits per heavy atom. The largest absolute Gasteiger partial charge is 0.392 e. The minimum Gasteiger partial charge on any atom is -0.392 e. The van der Waals surface area contributed by atoms with Crippen molar-refractivity contribution in [3.63, 3.8) is 0 Å². The molecule has 2 N–H and O–H groups in total. The Bertz CT molecular complexity index is 373. The van der Waals surface area contributed by atoms with Gasteiger partial charge in [-0.05, 0) is 63.5 Å². The van der Waals surface area contributed by atoms with Crippen LogP contribution in [-0.2, 0) is 6.61 Å². The molecule has 1 unspecified atom stereocenters. The summed E-state index contributed by atoms with van der Waals surface area (Å²) in [4.78, 5) is 2.40. The second kappa shape index (κ2) is 6.21. The molecule has 3 nitrogen and oxygen atoms in total. The van der Waals surface area contributed by atoms with Gasteiger partial charge in [0.2, 0.25) is 0 Å². The summed E-state index contributed by atoms with van der Waals surface area (Å²) in [6.45, 7) is 4.78. The lowest BCUT2D eigenvalue weighted by Gasteiger charge is -2.33. The highest BCUT2D eigenvalue weighted by atomic mass is 16.3. The first-order chi connectivity index (χ1) is 8.69. The standard InChI is InChI=1S/C15H24N2O/c1-12(14-6-8-17(2)9-7-14)16-15-5-3-4-13(10-15)11-18/h3-5,10,12,14,16,18H,6-9,11H2,1-2H3. The van der Waals surface area contributed by atoms with Gasteiger partial charge in [0.05, 0.1) is 6.61 Å². The summed E-state index contributed by atoms with van der Waals surface area (Å²) in [7, 11) is 2.19. The first kappa shape index (κ1) is 13.4. The van der Waals surface area contributed by atoms with E-state index < -0.39 is 0 Å². The van der Waals surface area contributed by atoms with Gasteiger partial charge in [0.1, 0.15) is 0 Å². The number of nitrogens with zero attached hydrogens (tertiary/aromatic N) is 1. The van der Waals surface area contributed by atoms with Crippen LogP contribution >= 0.6 is 0 Å². The Hall–Kier alpha value is -1.06. The van der Waals surface area contributed by atoms with E-state index in [-0.39, 0.29) is 6.61 Å². The van der Waals surface area contributed by atoms with Crippen molar-refractivity contribution in [3.05, 3.63) is 29.8 Å². The molecule has 1 atom stereocenters. The average Bonchev–Trinajstić information content (AvgIpc) is 2.39. The van der Waals surface area contributed by atoms with Crippen molar-refractivity contribution >= 4 is 5.69 Å². The Labute approximate surface area is 110 Å². The maximum Gasteiger partial charge on any atom is 0.0682 e. The van der Waals surface area contributed by atoms with Crippen molar-refractivity contribution in [2.24, 2.45) is 5.92 Å². The van der Waals surface area contributed by atoms with E-state index in [4.69, 9.17) is 5.11 Å². The molecule has 0 bridgehead atoms. The maximum absolute atomic E-state index is 9.14. The van der Waals surface area contributed by atoms with E-state index in [0.717, 1.165) is 17.2 Å². The Morgan fingerprint density at radius 3 is 2.78 bits per heavy atom. The predicted molar refractivity (Wildman–Crippen MR) is 75.7 cm³/mol. The lowest BCUT2D eigenvalue weighted by molar-refractivity contribution is 0.208. The molecule has 1 heterocycles. The molecule has 1 aliphatic heterocycles. The second-order valence-corrected chi connectivity index (χ2v) is 5.43. The molecule has 3 heteroatoms. The third-order valence-electron chi connectivity index (χ3n) is 3.97. The normalized spacial score (nSPS) is 19.7. The summed E-state index contributed by atoms with van der Waals surface area (Å²) in [6.07, 6.45) is 2.54. The van der Waals surface area contributed by atoms with Gasteiger partial charge in [-0.3, -0.25) is 0 Å². The van der Waals surface area contributed by atoms with E-state index in [1.54, 1.807) is 0 Å². The third kappa shape index (κ3) is 3.47. The fourth-order valence-electron chi connectivity index (χ4n) is 2.67. The lowest BCUT2D eigenvalue weighted by Crippen LogP contribution is -2.37. The third-order valence-corrected chi connectivity index (χ3v) is 3.97. The topological polar surface area (TPSA) is 35.5 Å². The number of likely N-dealkylation sites (tertiary alicyclic amines) is 1. The molecular formula is C15H24N2O. The molecular weight excluding hydrogens is 224 g/mol. The highest BCUT2D eigenvalue weighted by molar-refractivity contribution is 5.46. The van der Waals surface area contributed by atoms with Crippen molar-refractivity contribution in [2.75, 3.05) is 25.5 Å². The number of hydrogen-bond acceptors (Lipinski definition) is 3. The van der Waals surface area contributed by atoms with Gasteiger partial charge >= 0.3 is 0 Å². The zero-order chi connectivity index (χ0) is 13.0. The number of aliphatic hydroxyl groups is 1. The number of aliphatic hydroxyl groups excluding tert-OH is 1. The van der Waals surface area contributed by atoms with E-state index >= 15 is 0 Å². The summed E-state index contributed by atoms with van der Waals surface area (Å²) in [5.41, 5.74) is 2.09. The van der Waals surface area contributed by atoms with Crippen molar-refractivity contribution in [1.82, 2.24) is 4.90 Å². The number of benzene rings is 1. The molecule has 100 valence electrons. The van der Waals surface area contributed by atoms with Crippen LogP contribution in [0, 0.1) is 5.92 Å². The number of hydrogen-bond donors (Lipinski definition) is 2. The van der Waals surface area contributed by atoms with E-state index in [0.29, 0.717) is 6.04 Å². The number of anilines is 1. The minimum absolute atomic E-state index is 0.109. The molecule has 1 fully saturated rings. The van der Waals surface area contributed by atoms with Crippen LogP contribution in [0.2, 0.25) is 0 Å². The van der Waals surface area contributed by atoms with E-state index in [1.807, 2.05) is 18.2 Å². The van der Waals surface area contributed by atoms with Crippen LogP contribution < -0.4 is 5.32 Å². The molecule has 2 rings (SSSR count). The molecule has 1 aromatic carbocycles.